The summed E-state index contributed by atoms with van der Waals surface area (Å²) in [5.41, 5.74) is 0. The predicted octanol–water partition coefficient (Wildman–Crippen LogP) is -1.22. The average Bonchev–Trinajstić information content (AvgIpc) is 2.06. The maximum absolute atomic E-state index is 11.0. The third-order valence-corrected chi connectivity index (χ3v) is 4.36. The lowest BCUT2D eigenvalue weighted by Gasteiger charge is -2.22. The summed E-state index contributed by atoms with van der Waals surface area (Å²) < 4.78 is 32.2. The zero-order chi connectivity index (χ0) is 10.6. The van der Waals surface area contributed by atoms with Crippen LogP contribution in [0.4, 0.5) is 0 Å². The van der Waals surface area contributed by atoms with E-state index in [2.05, 4.69) is 5.32 Å². The van der Waals surface area contributed by atoms with Gasteiger partial charge in [-0.2, -0.15) is 0 Å². The van der Waals surface area contributed by atoms with Gasteiger partial charge in [-0.25, -0.2) is 13.6 Å². The molecule has 1 aliphatic heterocycles. The third kappa shape index (κ3) is 5.04. The monoisotopic (exact) mass is 240 g/mol. The Kier molecular flexibility index (Phi) is 4.49. The Hall–Kier alpha value is 0.0200. The fraction of sp³-hybridized carbons (Fsp3) is 1.00. The van der Waals surface area contributed by atoms with Crippen LogP contribution in [-0.2, 0) is 20.8 Å². The van der Waals surface area contributed by atoms with Crippen molar-refractivity contribution >= 4 is 20.8 Å². The van der Waals surface area contributed by atoms with Gasteiger partial charge < -0.3 is 5.32 Å². The molecule has 7 heteroatoms. The van der Waals surface area contributed by atoms with E-state index in [0.717, 1.165) is 12.8 Å². The first-order valence-corrected chi connectivity index (χ1v) is 7.76. The fourth-order valence-corrected chi connectivity index (χ4v) is 3.10. The van der Waals surface area contributed by atoms with Gasteiger partial charge in [0.15, 0.2) is 0 Å². The molecule has 14 heavy (non-hydrogen) atoms. The Morgan fingerprint density at radius 3 is 2.43 bits per heavy atom. The Morgan fingerprint density at radius 2 is 1.93 bits per heavy atom. The second kappa shape index (κ2) is 5.20. The zero-order valence-electron chi connectivity index (χ0n) is 7.94. The SMILES string of the molecule is NS(=O)(=O)CCNC1CCS(=O)CC1. The Balaban J connectivity index is 2.17. The van der Waals surface area contributed by atoms with Crippen LogP contribution in [0.1, 0.15) is 12.8 Å². The maximum atomic E-state index is 11.0. The molecule has 0 bridgehead atoms. The molecule has 0 aromatic rings. The summed E-state index contributed by atoms with van der Waals surface area (Å²) in [7, 11) is -4.02. The lowest BCUT2D eigenvalue weighted by atomic mass is 10.1. The van der Waals surface area contributed by atoms with Crippen LogP contribution in [0.5, 0.6) is 0 Å². The molecule has 0 atom stereocenters. The number of sulfonamides is 1. The summed E-state index contributed by atoms with van der Waals surface area (Å²) in [4.78, 5) is 0. The Labute approximate surface area is 86.9 Å². The van der Waals surface area contributed by atoms with Gasteiger partial charge in [0, 0.05) is 34.9 Å². The van der Waals surface area contributed by atoms with E-state index in [1.165, 1.54) is 0 Å². The summed E-state index contributed by atoms with van der Waals surface area (Å²) >= 11 is 0. The van der Waals surface area contributed by atoms with E-state index in [0.29, 0.717) is 24.1 Å². The van der Waals surface area contributed by atoms with Gasteiger partial charge in [-0.15, -0.1) is 0 Å². The molecule has 0 unspecified atom stereocenters. The van der Waals surface area contributed by atoms with Crippen molar-refractivity contribution in [3.8, 4) is 0 Å². The molecule has 0 spiro atoms. The van der Waals surface area contributed by atoms with E-state index in [9.17, 15) is 12.6 Å². The van der Waals surface area contributed by atoms with Crippen LogP contribution in [0, 0.1) is 0 Å². The fourth-order valence-electron chi connectivity index (χ4n) is 1.40. The summed E-state index contributed by atoms with van der Waals surface area (Å²) in [6, 6.07) is 0.300. The number of hydrogen-bond donors (Lipinski definition) is 2. The molecule has 0 saturated carbocycles. The van der Waals surface area contributed by atoms with Crippen molar-refractivity contribution in [3.05, 3.63) is 0 Å². The van der Waals surface area contributed by atoms with Crippen LogP contribution in [0.25, 0.3) is 0 Å². The van der Waals surface area contributed by atoms with Gasteiger partial charge in [-0.1, -0.05) is 0 Å². The number of nitrogens with one attached hydrogen (secondary N) is 1. The average molecular weight is 240 g/mol. The number of rotatable bonds is 4. The van der Waals surface area contributed by atoms with E-state index < -0.39 is 20.8 Å². The Morgan fingerprint density at radius 1 is 1.36 bits per heavy atom. The lowest BCUT2D eigenvalue weighted by Crippen LogP contribution is -2.38. The molecule has 1 aliphatic rings. The van der Waals surface area contributed by atoms with Crippen LogP contribution in [-0.4, -0.2) is 42.5 Å². The van der Waals surface area contributed by atoms with Gasteiger partial charge in [0.2, 0.25) is 10.0 Å². The van der Waals surface area contributed by atoms with Crippen molar-refractivity contribution in [2.24, 2.45) is 5.14 Å². The van der Waals surface area contributed by atoms with Crippen LogP contribution in [0.3, 0.4) is 0 Å². The van der Waals surface area contributed by atoms with E-state index in [1.807, 2.05) is 0 Å². The zero-order valence-corrected chi connectivity index (χ0v) is 9.57. The first-order valence-electron chi connectivity index (χ1n) is 4.56. The van der Waals surface area contributed by atoms with Gasteiger partial charge in [-0.3, -0.25) is 4.21 Å². The molecule has 3 N–H and O–H groups in total. The van der Waals surface area contributed by atoms with E-state index in [1.54, 1.807) is 0 Å². The molecule has 1 heterocycles. The predicted molar refractivity (Wildman–Crippen MR) is 56.9 cm³/mol. The molecule has 0 aliphatic carbocycles. The number of nitrogens with two attached hydrogens (primary N) is 1. The highest BCUT2D eigenvalue weighted by molar-refractivity contribution is 7.89. The molecule has 5 nitrogen and oxygen atoms in total. The highest BCUT2D eigenvalue weighted by Gasteiger charge is 2.17. The smallest absolute Gasteiger partial charge is 0.210 e. The first-order chi connectivity index (χ1) is 6.47. The normalized spacial score (nSPS) is 28.9. The van der Waals surface area contributed by atoms with Crippen molar-refractivity contribution in [2.45, 2.75) is 18.9 Å². The minimum Gasteiger partial charge on any atom is -0.313 e. The molecule has 1 fully saturated rings. The second-order valence-corrected chi connectivity index (χ2v) is 6.87. The molecule has 1 rings (SSSR count). The molecule has 84 valence electrons. The molecule has 1 saturated heterocycles. The first kappa shape index (κ1) is 12.1. The lowest BCUT2D eigenvalue weighted by molar-refractivity contribution is 0.487. The largest absolute Gasteiger partial charge is 0.313 e. The van der Waals surface area contributed by atoms with Crippen molar-refractivity contribution in [1.82, 2.24) is 5.32 Å². The minimum absolute atomic E-state index is 0.0351. The molecular formula is C7H16N2O3S2. The van der Waals surface area contributed by atoms with Gasteiger partial charge in [-0.05, 0) is 12.8 Å². The third-order valence-electron chi connectivity index (χ3n) is 2.21. The van der Waals surface area contributed by atoms with Crippen LogP contribution in [0.2, 0.25) is 0 Å². The summed E-state index contributed by atoms with van der Waals surface area (Å²) in [5.74, 6) is 1.40. The topological polar surface area (TPSA) is 89.3 Å². The van der Waals surface area contributed by atoms with Gasteiger partial charge >= 0.3 is 0 Å². The molecule has 0 amide bonds. The highest BCUT2D eigenvalue weighted by atomic mass is 32.2. The number of hydrogen-bond acceptors (Lipinski definition) is 4. The number of primary sulfonamides is 1. The van der Waals surface area contributed by atoms with Gasteiger partial charge in [0.1, 0.15) is 0 Å². The van der Waals surface area contributed by atoms with Crippen LogP contribution >= 0.6 is 0 Å². The van der Waals surface area contributed by atoms with E-state index >= 15 is 0 Å². The van der Waals surface area contributed by atoms with Crippen molar-refractivity contribution in [2.75, 3.05) is 23.8 Å². The van der Waals surface area contributed by atoms with Crippen molar-refractivity contribution in [1.29, 1.82) is 0 Å². The van der Waals surface area contributed by atoms with Crippen molar-refractivity contribution < 1.29 is 12.6 Å². The molecule has 0 aromatic carbocycles. The van der Waals surface area contributed by atoms with Crippen LogP contribution in [0.15, 0.2) is 0 Å². The van der Waals surface area contributed by atoms with E-state index in [-0.39, 0.29) is 5.75 Å². The molecule has 0 radical (unpaired) electrons. The standard InChI is InChI=1S/C7H16N2O3S2/c8-14(11,12)6-3-9-7-1-4-13(10)5-2-7/h7,9H,1-6H2,(H2,8,11,12). The van der Waals surface area contributed by atoms with Crippen LogP contribution < -0.4 is 10.5 Å². The highest BCUT2D eigenvalue weighted by Crippen LogP contribution is 2.08. The summed E-state index contributed by atoms with van der Waals surface area (Å²) in [6.45, 7) is 0.385. The summed E-state index contributed by atoms with van der Waals surface area (Å²) in [6.07, 6.45) is 1.72. The maximum Gasteiger partial charge on any atom is 0.210 e. The molecular weight excluding hydrogens is 224 g/mol. The van der Waals surface area contributed by atoms with Gasteiger partial charge in [0.25, 0.3) is 0 Å². The Bertz CT molecular complexity index is 292. The van der Waals surface area contributed by atoms with E-state index in [4.69, 9.17) is 5.14 Å². The molecule has 0 aromatic heterocycles. The summed E-state index contributed by atoms with van der Waals surface area (Å²) in [5, 5.41) is 7.96. The second-order valence-electron chi connectivity index (χ2n) is 3.44. The van der Waals surface area contributed by atoms with Crippen molar-refractivity contribution in [3.63, 3.8) is 0 Å². The quantitative estimate of drug-likeness (QED) is 0.644. The minimum atomic E-state index is -3.36. The van der Waals surface area contributed by atoms with Gasteiger partial charge in [0.05, 0.1) is 5.75 Å².